The topological polar surface area (TPSA) is 46.5 Å². The number of methoxy groups -OCH3 is 1. The zero-order valence-corrected chi connectivity index (χ0v) is 15.9. The van der Waals surface area contributed by atoms with E-state index in [1.165, 1.54) is 22.0 Å². The molecule has 0 radical (unpaired) electrons. The summed E-state index contributed by atoms with van der Waals surface area (Å²) >= 11 is 0. The second kappa shape index (κ2) is 7.35. The van der Waals surface area contributed by atoms with Crippen molar-refractivity contribution < 1.29 is 9.53 Å². The monoisotopic (exact) mass is 363 g/mol. The van der Waals surface area contributed by atoms with Crippen molar-refractivity contribution in [1.29, 1.82) is 0 Å². The molecule has 2 heterocycles. The van der Waals surface area contributed by atoms with E-state index >= 15 is 0 Å². The number of nitrogens with one attached hydrogen (secondary N) is 1. The number of hydrogen-bond acceptors (Lipinski definition) is 2. The number of carbonyl (C=O) groups is 1. The Hall–Kier alpha value is -2.95. The number of carbonyl (C=O) groups excluding carboxylic acids is 1. The highest BCUT2D eigenvalue weighted by Gasteiger charge is 2.22. The van der Waals surface area contributed by atoms with Crippen LogP contribution < -0.4 is 10.1 Å². The van der Waals surface area contributed by atoms with Gasteiger partial charge in [-0.25, -0.2) is 4.79 Å². The summed E-state index contributed by atoms with van der Waals surface area (Å²) in [5.41, 5.74) is 4.86. The third-order valence-electron chi connectivity index (χ3n) is 5.29. The maximum absolute atomic E-state index is 12.8. The summed E-state index contributed by atoms with van der Waals surface area (Å²) in [5.74, 6) is 0.801. The highest BCUT2D eigenvalue weighted by molar-refractivity contribution is 5.88. The van der Waals surface area contributed by atoms with Gasteiger partial charge < -0.3 is 19.5 Å². The maximum Gasteiger partial charge on any atom is 0.317 e. The van der Waals surface area contributed by atoms with E-state index in [4.69, 9.17) is 4.74 Å². The lowest BCUT2D eigenvalue weighted by Gasteiger charge is -2.22. The van der Waals surface area contributed by atoms with Crippen LogP contribution in [0.1, 0.15) is 23.6 Å². The molecule has 5 nitrogen and oxygen atoms in total. The molecule has 1 aliphatic rings. The van der Waals surface area contributed by atoms with E-state index < -0.39 is 0 Å². The molecule has 2 aromatic carbocycles. The number of ether oxygens (including phenoxy) is 1. The third-order valence-corrected chi connectivity index (χ3v) is 5.29. The van der Waals surface area contributed by atoms with Crippen molar-refractivity contribution in [3.05, 3.63) is 65.4 Å². The molecule has 0 saturated carbocycles. The maximum atomic E-state index is 12.8. The number of hydrogen-bond donors (Lipinski definition) is 1. The van der Waals surface area contributed by atoms with E-state index in [0.29, 0.717) is 13.1 Å². The molecule has 27 heavy (non-hydrogen) atoms. The van der Waals surface area contributed by atoms with Crippen molar-refractivity contribution >= 4 is 16.9 Å². The molecule has 0 saturated heterocycles. The van der Waals surface area contributed by atoms with Gasteiger partial charge in [0.15, 0.2) is 0 Å². The molecular weight excluding hydrogens is 338 g/mol. The minimum Gasteiger partial charge on any atom is -0.497 e. The minimum atomic E-state index is -0.0247. The predicted octanol–water partition coefficient (Wildman–Crippen LogP) is 3.94. The number of rotatable bonds is 4. The van der Waals surface area contributed by atoms with Crippen LogP contribution in [0.3, 0.4) is 0 Å². The van der Waals surface area contributed by atoms with Crippen molar-refractivity contribution in [2.24, 2.45) is 0 Å². The molecule has 1 N–H and O–H groups in total. The lowest BCUT2D eigenvalue weighted by atomic mass is 10.1. The van der Waals surface area contributed by atoms with Gasteiger partial charge in [0.2, 0.25) is 0 Å². The number of aryl methyl sites for hydroxylation is 1. The van der Waals surface area contributed by atoms with Crippen LogP contribution in [-0.4, -0.2) is 29.2 Å². The van der Waals surface area contributed by atoms with Gasteiger partial charge in [-0.2, -0.15) is 0 Å². The number of aromatic nitrogens is 1. The first kappa shape index (κ1) is 17.5. The number of urea groups is 1. The number of amides is 2. The molecule has 1 aromatic heterocycles. The summed E-state index contributed by atoms with van der Waals surface area (Å²) < 4.78 is 7.55. The van der Waals surface area contributed by atoms with E-state index in [2.05, 4.69) is 41.2 Å². The van der Waals surface area contributed by atoms with E-state index in [-0.39, 0.29) is 6.03 Å². The van der Waals surface area contributed by atoms with Gasteiger partial charge in [-0.3, -0.25) is 0 Å². The highest BCUT2D eigenvalue weighted by Crippen LogP contribution is 2.29. The lowest BCUT2D eigenvalue weighted by Crippen LogP contribution is -2.39. The Balaban J connectivity index is 1.49. The van der Waals surface area contributed by atoms with E-state index in [1.54, 1.807) is 7.11 Å². The second-order valence-electron chi connectivity index (χ2n) is 6.93. The fourth-order valence-corrected chi connectivity index (χ4v) is 3.89. The summed E-state index contributed by atoms with van der Waals surface area (Å²) in [6, 6.07) is 14.2. The van der Waals surface area contributed by atoms with Gasteiger partial charge in [0, 0.05) is 43.3 Å². The molecular formula is C22H25N3O2. The Morgan fingerprint density at radius 3 is 2.85 bits per heavy atom. The Kier molecular flexibility index (Phi) is 4.75. The van der Waals surface area contributed by atoms with E-state index in [1.807, 2.05) is 29.2 Å². The zero-order valence-electron chi connectivity index (χ0n) is 15.9. The quantitative estimate of drug-likeness (QED) is 0.763. The molecule has 0 aliphatic carbocycles. The summed E-state index contributed by atoms with van der Waals surface area (Å²) in [6.07, 6.45) is 3.12. The summed E-state index contributed by atoms with van der Waals surface area (Å²) in [5, 5.41) is 4.37. The normalized spacial score (nSPS) is 13.5. The standard InChI is InChI=1S/C22H25N3O2/c1-3-24-14-18-10-11-25(15-17-7-5-9-20(24)21(17)18)22(26)23-13-16-6-4-8-19(12-16)27-2/h4-9,12,14H,3,10-11,13,15H2,1-2H3,(H,23,26). The molecule has 0 unspecified atom stereocenters. The van der Waals surface area contributed by atoms with Gasteiger partial charge in [-0.05, 0) is 48.2 Å². The van der Waals surface area contributed by atoms with Crippen LogP contribution in [-0.2, 0) is 26.1 Å². The molecule has 0 atom stereocenters. The van der Waals surface area contributed by atoms with E-state index in [9.17, 15) is 4.79 Å². The van der Waals surface area contributed by atoms with Gasteiger partial charge in [-0.1, -0.05) is 24.3 Å². The second-order valence-corrected chi connectivity index (χ2v) is 6.93. The molecule has 140 valence electrons. The zero-order chi connectivity index (χ0) is 18.8. The first-order valence-electron chi connectivity index (χ1n) is 9.45. The fourth-order valence-electron chi connectivity index (χ4n) is 3.89. The lowest BCUT2D eigenvalue weighted by molar-refractivity contribution is 0.196. The summed E-state index contributed by atoms with van der Waals surface area (Å²) in [6.45, 7) is 4.99. The van der Waals surface area contributed by atoms with Gasteiger partial charge in [0.1, 0.15) is 5.75 Å². The third kappa shape index (κ3) is 3.37. The molecule has 2 amide bonds. The van der Waals surface area contributed by atoms with Crippen molar-refractivity contribution in [2.45, 2.75) is 33.0 Å². The molecule has 0 spiro atoms. The Morgan fingerprint density at radius 1 is 1.19 bits per heavy atom. The average molecular weight is 363 g/mol. The smallest absolute Gasteiger partial charge is 0.317 e. The molecule has 1 aliphatic heterocycles. The molecule has 3 aromatic rings. The summed E-state index contributed by atoms with van der Waals surface area (Å²) in [4.78, 5) is 14.7. The number of benzene rings is 2. The number of nitrogens with zero attached hydrogens (tertiary/aromatic N) is 2. The van der Waals surface area contributed by atoms with Crippen molar-refractivity contribution in [2.75, 3.05) is 13.7 Å². The largest absolute Gasteiger partial charge is 0.497 e. The van der Waals surface area contributed by atoms with E-state index in [0.717, 1.165) is 30.8 Å². The van der Waals surface area contributed by atoms with Crippen LogP contribution in [0.25, 0.3) is 10.9 Å². The molecule has 4 rings (SSSR count). The first-order valence-corrected chi connectivity index (χ1v) is 9.45. The van der Waals surface area contributed by atoms with Crippen LogP contribution in [0.4, 0.5) is 4.79 Å². The van der Waals surface area contributed by atoms with Crippen LogP contribution in [0.15, 0.2) is 48.7 Å². The first-order chi connectivity index (χ1) is 13.2. The Bertz CT molecular complexity index is 977. The van der Waals surface area contributed by atoms with Gasteiger partial charge in [0.05, 0.1) is 7.11 Å². The van der Waals surface area contributed by atoms with Crippen LogP contribution in [0.2, 0.25) is 0 Å². The summed E-state index contributed by atoms with van der Waals surface area (Å²) in [7, 11) is 1.65. The highest BCUT2D eigenvalue weighted by atomic mass is 16.5. The Morgan fingerprint density at radius 2 is 2.04 bits per heavy atom. The van der Waals surface area contributed by atoms with Crippen molar-refractivity contribution in [1.82, 2.24) is 14.8 Å². The van der Waals surface area contributed by atoms with Gasteiger partial charge in [-0.15, -0.1) is 0 Å². The van der Waals surface area contributed by atoms with Crippen LogP contribution in [0, 0.1) is 0 Å². The van der Waals surface area contributed by atoms with Crippen LogP contribution in [0.5, 0.6) is 5.75 Å². The van der Waals surface area contributed by atoms with Gasteiger partial charge >= 0.3 is 6.03 Å². The van der Waals surface area contributed by atoms with Gasteiger partial charge in [0.25, 0.3) is 0 Å². The van der Waals surface area contributed by atoms with Crippen LogP contribution >= 0.6 is 0 Å². The van der Waals surface area contributed by atoms with Crippen molar-refractivity contribution in [3.63, 3.8) is 0 Å². The molecule has 0 fully saturated rings. The Labute approximate surface area is 159 Å². The molecule has 5 heteroatoms. The van der Waals surface area contributed by atoms with Crippen molar-refractivity contribution in [3.8, 4) is 5.75 Å². The average Bonchev–Trinajstić information content (AvgIpc) is 2.96. The molecule has 0 bridgehead atoms. The fraction of sp³-hybridized carbons (Fsp3) is 0.318. The minimum absolute atomic E-state index is 0.0247. The SMILES string of the molecule is CCn1cc2c3c(cccc31)CN(C(=O)NCc1cccc(OC)c1)CC2. The predicted molar refractivity (Wildman–Crippen MR) is 107 cm³/mol.